The predicted molar refractivity (Wildman–Crippen MR) is 118 cm³/mol. The van der Waals surface area contributed by atoms with E-state index in [0.717, 1.165) is 24.3 Å². The molecule has 0 fully saturated rings. The molecule has 150 valence electrons. The maximum atomic E-state index is 13.6. The van der Waals surface area contributed by atoms with E-state index in [4.69, 9.17) is 4.98 Å². The molecule has 0 spiro atoms. The first-order valence-electron chi connectivity index (χ1n) is 9.74. The van der Waals surface area contributed by atoms with E-state index in [1.165, 1.54) is 17.7 Å². The van der Waals surface area contributed by atoms with Gasteiger partial charge in [-0.25, -0.2) is 14.4 Å². The van der Waals surface area contributed by atoms with Crippen LogP contribution in [0.4, 0.5) is 21.7 Å². The zero-order valence-electron chi connectivity index (χ0n) is 16.7. The molecule has 4 aromatic rings. The van der Waals surface area contributed by atoms with Crippen molar-refractivity contribution < 1.29 is 4.39 Å². The number of aromatic nitrogens is 3. The minimum absolute atomic E-state index is 0.299. The second-order valence-electron chi connectivity index (χ2n) is 6.96. The average molecular weight is 399 g/mol. The fourth-order valence-corrected chi connectivity index (χ4v) is 3.09. The number of pyridine rings is 1. The molecule has 5 nitrogen and oxygen atoms in total. The lowest BCUT2D eigenvalue weighted by molar-refractivity contribution is 0.628. The van der Waals surface area contributed by atoms with Crippen molar-refractivity contribution in [1.29, 1.82) is 0 Å². The molecule has 0 saturated carbocycles. The Kier molecular flexibility index (Phi) is 5.94. The Bertz CT molecular complexity index is 1100. The molecule has 0 bridgehead atoms. The Labute approximate surface area is 175 Å². The summed E-state index contributed by atoms with van der Waals surface area (Å²) < 4.78 is 13.6. The van der Waals surface area contributed by atoms with Crippen molar-refractivity contribution in [1.82, 2.24) is 15.0 Å². The van der Waals surface area contributed by atoms with Crippen LogP contribution in [-0.4, -0.2) is 28.5 Å². The van der Waals surface area contributed by atoms with Gasteiger partial charge in [-0.2, -0.15) is 0 Å². The van der Waals surface area contributed by atoms with Gasteiger partial charge in [0.2, 0.25) is 0 Å². The molecule has 0 aliphatic heterocycles. The summed E-state index contributed by atoms with van der Waals surface area (Å²) in [6.45, 7) is 0.786. The second-order valence-corrected chi connectivity index (χ2v) is 6.96. The Morgan fingerprint density at radius 1 is 0.900 bits per heavy atom. The smallest absolute Gasteiger partial charge is 0.163 e. The van der Waals surface area contributed by atoms with Crippen molar-refractivity contribution in [2.24, 2.45) is 0 Å². The quantitative estimate of drug-likeness (QED) is 0.469. The predicted octanol–water partition coefficient (Wildman–Crippen LogP) is 5.10. The summed E-state index contributed by atoms with van der Waals surface area (Å²) in [6.07, 6.45) is 4.47. The molecule has 0 amide bonds. The minimum atomic E-state index is -0.299. The lowest BCUT2D eigenvalue weighted by atomic mass is 10.2. The molecule has 0 saturated heterocycles. The van der Waals surface area contributed by atoms with E-state index < -0.39 is 0 Å². The molecule has 2 heterocycles. The Hall–Kier alpha value is -3.80. The topological polar surface area (TPSA) is 53.9 Å². The molecule has 0 aliphatic rings. The monoisotopic (exact) mass is 399 g/mol. The van der Waals surface area contributed by atoms with Gasteiger partial charge in [0.05, 0.1) is 0 Å². The normalized spacial score (nSPS) is 10.6. The molecular weight excluding hydrogens is 377 g/mol. The third kappa shape index (κ3) is 4.97. The summed E-state index contributed by atoms with van der Waals surface area (Å²) >= 11 is 0. The molecule has 0 atom stereocenters. The maximum absolute atomic E-state index is 13.6. The number of nitrogens with one attached hydrogen (secondary N) is 1. The minimum Gasteiger partial charge on any atom is -0.359 e. The van der Waals surface area contributed by atoms with E-state index >= 15 is 0 Å². The van der Waals surface area contributed by atoms with Gasteiger partial charge in [0.15, 0.2) is 5.82 Å². The van der Waals surface area contributed by atoms with Crippen LogP contribution in [0.3, 0.4) is 0 Å². The van der Waals surface area contributed by atoms with Crippen molar-refractivity contribution >= 4 is 17.3 Å². The fourth-order valence-electron chi connectivity index (χ4n) is 3.09. The van der Waals surface area contributed by atoms with Gasteiger partial charge < -0.3 is 10.2 Å². The van der Waals surface area contributed by atoms with E-state index in [1.807, 2.05) is 55.6 Å². The lowest BCUT2D eigenvalue weighted by Crippen LogP contribution is -2.22. The van der Waals surface area contributed by atoms with Gasteiger partial charge in [-0.15, -0.1) is 0 Å². The van der Waals surface area contributed by atoms with Crippen LogP contribution in [-0.2, 0) is 6.42 Å². The fraction of sp³-hybridized carbons (Fsp3) is 0.125. The number of hydrogen-bond donors (Lipinski definition) is 1. The van der Waals surface area contributed by atoms with Gasteiger partial charge in [0.1, 0.15) is 17.5 Å². The number of rotatable bonds is 7. The molecule has 1 N–H and O–H groups in total. The Morgan fingerprint density at radius 3 is 2.47 bits per heavy atom. The van der Waals surface area contributed by atoms with Gasteiger partial charge in [-0.05, 0) is 42.3 Å². The number of hydrogen-bond acceptors (Lipinski definition) is 5. The average Bonchev–Trinajstić information content (AvgIpc) is 2.78. The zero-order chi connectivity index (χ0) is 20.8. The van der Waals surface area contributed by atoms with E-state index in [0.29, 0.717) is 17.3 Å². The standard InChI is InChI=1S/C24H22FN5/c1-30(15-12-18-10-13-26-14-11-18)23-17-22(27-21-9-5-8-20(25)16-21)28-24(29-23)19-6-3-2-4-7-19/h2-11,13-14,16-17H,12,15H2,1H3,(H,27,28,29). The SMILES string of the molecule is CN(CCc1ccncc1)c1cc(Nc2cccc(F)c2)nc(-c2ccccc2)n1. The largest absolute Gasteiger partial charge is 0.359 e. The van der Waals surface area contributed by atoms with E-state index in [1.54, 1.807) is 24.5 Å². The van der Waals surface area contributed by atoms with Crippen LogP contribution in [0.1, 0.15) is 5.56 Å². The molecule has 0 aliphatic carbocycles. The summed E-state index contributed by atoms with van der Waals surface area (Å²) in [5, 5.41) is 3.20. The molecule has 0 unspecified atom stereocenters. The summed E-state index contributed by atoms with van der Waals surface area (Å²) in [7, 11) is 2.00. The highest BCUT2D eigenvalue weighted by atomic mass is 19.1. The first kappa shape index (κ1) is 19.5. The first-order chi connectivity index (χ1) is 14.7. The van der Waals surface area contributed by atoms with Crippen molar-refractivity contribution in [2.75, 3.05) is 23.8 Å². The highest BCUT2D eigenvalue weighted by Gasteiger charge is 2.11. The van der Waals surface area contributed by atoms with Crippen LogP contribution >= 0.6 is 0 Å². The number of anilines is 3. The van der Waals surface area contributed by atoms with Gasteiger partial charge in [-0.1, -0.05) is 36.4 Å². The van der Waals surface area contributed by atoms with Crippen LogP contribution in [0.15, 0.2) is 85.2 Å². The van der Waals surface area contributed by atoms with Gasteiger partial charge in [0.25, 0.3) is 0 Å². The van der Waals surface area contributed by atoms with E-state index in [2.05, 4.69) is 20.2 Å². The molecule has 4 rings (SSSR count). The van der Waals surface area contributed by atoms with E-state index in [-0.39, 0.29) is 5.82 Å². The van der Waals surface area contributed by atoms with Gasteiger partial charge in [0, 0.05) is 43.3 Å². The summed E-state index contributed by atoms with van der Waals surface area (Å²) in [5.74, 6) is 1.71. The lowest BCUT2D eigenvalue weighted by Gasteiger charge is -2.20. The highest BCUT2D eigenvalue weighted by molar-refractivity contribution is 5.65. The third-order valence-corrected chi connectivity index (χ3v) is 4.72. The van der Waals surface area contributed by atoms with Crippen LogP contribution in [0, 0.1) is 5.82 Å². The van der Waals surface area contributed by atoms with Gasteiger partial charge in [-0.3, -0.25) is 4.98 Å². The number of benzene rings is 2. The van der Waals surface area contributed by atoms with Crippen molar-refractivity contribution in [3.05, 3.63) is 96.6 Å². The highest BCUT2D eigenvalue weighted by Crippen LogP contribution is 2.24. The summed E-state index contributed by atoms with van der Waals surface area (Å²) in [5.41, 5.74) is 2.77. The Morgan fingerprint density at radius 2 is 1.70 bits per heavy atom. The molecule has 2 aromatic carbocycles. The van der Waals surface area contributed by atoms with Crippen molar-refractivity contribution in [3.63, 3.8) is 0 Å². The van der Waals surface area contributed by atoms with E-state index in [9.17, 15) is 4.39 Å². The molecule has 2 aromatic heterocycles. The van der Waals surface area contributed by atoms with Crippen molar-refractivity contribution in [3.8, 4) is 11.4 Å². The van der Waals surface area contributed by atoms with Crippen LogP contribution < -0.4 is 10.2 Å². The molecule has 0 radical (unpaired) electrons. The van der Waals surface area contributed by atoms with Crippen LogP contribution in [0.5, 0.6) is 0 Å². The van der Waals surface area contributed by atoms with Crippen molar-refractivity contribution in [2.45, 2.75) is 6.42 Å². The molecule has 30 heavy (non-hydrogen) atoms. The molecule has 6 heteroatoms. The number of nitrogens with zero attached hydrogens (tertiary/aromatic N) is 4. The zero-order valence-corrected chi connectivity index (χ0v) is 16.7. The van der Waals surface area contributed by atoms with Crippen LogP contribution in [0.2, 0.25) is 0 Å². The first-order valence-corrected chi connectivity index (χ1v) is 9.74. The second kappa shape index (κ2) is 9.13. The third-order valence-electron chi connectivity index (χ3n) is 4.72. The van der Waals surface area contributed by atoms with Gasteiger partial charge >= 0.3 is 0 Å². The Balaban J connectivity index is 1.62. The van der Waals surface area contributed by atoms with Crippen LogP contribution in [0.25, 0.3) is 11.4 Å². The number of likely N-dealkylation sites (N-methyl/N-ethyl adjacent to an activating group) is 1. The summed E-state index contributed by atoms with van der Waals surface area (Å²) in [6, 6.07) is 22.1. The molecular formula is C24H22FN5. The summed E-state index contributed by atoms with van der Waals surface area (Å²) in [4.78, 5) is 15.6. The maximum Gasteiger partial charge on any atom is 0.163 e. The number of halogens is 1.